The Morgan fingerprint density at radius 3 is 3.06 bits per heavy atom. The van der Waals surface area contributed by atoms with Crippen molar-refractivity contribution in [3.05, 3.63) is 28.5 Å². The lowest BCUT2D eigenvalue weighted by atomic mass is 9.90. The fourth-order valence-electron chi connectivity index (χ4n) is 2.50. The minimum absolute atomic E-state index is 0.476. The number of rotatable bonds is 5. The average Bonchev–Trinajstić information content (AvgIpc) is 2.42. The highest BCUT2D eigenvalue weighted by atomic mass is 79.9. The van der Waals surface area contributed by atoms with Crippen LogP contribution in [0.2, 0.25) is 0 Å². The largest absolute Gasteiger partial charge is 0.381 e. The Hall–Kier alpha value is -0.450. The van der Waals surface area contributed by atoms with Crippen molar-refractivity contribution in [1.82, 2.24) is 10.3 Å². The molecule has 100 valence electrons. The van der Waals surface area contributed by atoms with E-state index in [4.69, 9.17) is 4.74 Å². The first kappa shape index (κ1) is 14.0. The zero-order valence-electron chi connectivity index (χ0n) is 10.9. The lowest BCUT2D eigenvalue weighted by molar-refractivity contribution is 0.0394. The summed E-state index contributed by atoms with van der Waals surface area (Å²) >= 11 is 3.42. The maximum absolute atomic E-state index is 5.60. The van der Waals surface area contributed by atoms with Crippen LogP contribution < -0.4 is 5.32 Å². The maximum atomic E-state index is 5.60. The van der Waals surface area contributed by atoms with E-state index in [0.29, 0.717) is 12.0 Å². The van der Waals surface area contributed by atoms with Crippen molar-refractivity contribution >= 4 is 15.9 Å². The molecule has 0 aromatic carbocycles. The van der Waals surface area contributed by atoms with Crippen LogP contribution in [0.4, 0.5) is 0 Å². The minimum Gasteiger partial charge on any atom is -0.381 e. The summed E-state index contributed by atoms with van der Waals surface area (Å²) < 4.78 is 6.63. The zero-order valence-corrected chi connectivity index (χ0v) is 12.4. The molecule has 2 atom stereocenters. The predicted molar refractivity (Wildman–Crippen MR) is 76.6 cm³/mol. The van der Waals surface area contributed by atoms with Crippen LogP contribution in [0.5, 0.6) is 0 Å². The number of likely N-dealkylation sites (N-methyl/N-ethyl adjacent to an activating group) is 1. The second-order valence-electron chi connectivity index (χ2n) is 4.81. The summed E-state index contributed by atoms with van der Waals surface area (Å²) in [7, 11) is 0. The number of hydrogen-bond donors (Lipinski definition) is 1. The van der Waals surface area contributed by atoms with Crippen LogP contribution in [0.3, 0.4) is 0 Å². The van der Waals surface area contributed by atoms with Gasteiger partial charge in [-0.2, -0.15) is 0 Å². The van der Waals surface area contributed by atoms with E-state index >= 15 is 0 Å². The van der Waals surface area contributed by atoms with Gasteiger partial charge in [-0.05, 0) is 53.4 Å². The van der Waals surface area contributed by atoms with Crippen molar-refractivity contribution in [2.75, 3.05) is 19.8 Å². The maximum Gasteiger partial charge on any atom is 0.0509 e. The zero-order chi connectivity index (χ0) is 12.8. The molecule has 0 aliphatic carbocycles. The highest BCUT2D eigenvalue weighted by Crippen LogP contribution is 2.20. The van der Waals surface area contributed by atoms with Gasteiger partial charge in [0.05, 0.1) is 6.61 Å². The normalized spacial score (nSPS) is 21.8. The quantitative estimate of drug-likeness (QED) is 0.908. The SMILES string of the molecule is CCNC(Cc1ccc(Br)cn1)C1CCCOC1. The molecule has 1 fully saturated rings. The monoisotopic (exact) mass is 312 g/mol. The summed E-state index contributed by atoms with van der Waals surface area (Å²) in [6.07, 6.45) is 5.29. The van der Waals surface area contributed by atoms with E-state index in [1.807, 2.05) is 6.20 Å². The number of halogens is 1. The van der Waals surface area contributed by atoms with Gasteiger partial charge in [0.2, 0.25) is 0 Å². The molecule has 4 heteroatoms. The first-order chi connectivity index (χ1) is 8.79. The average molecular weight is 313 g/mol. The van der Waals surface area contributed by atoms with Crippen LogP contribution in [0.25, 0.3) is 0 Å². The molecule has 18 heavy (non-hydrogen) atoms. The third-order valence-corrected chi connectivity index (χ3v) is 3.92. The summed E-state index contributed by atoms with van der Waals surface area (Å²) in [5.74, 6) is 0.615. The van der Waals surface area contributed by atoms with Gasteiger partial charge >= 0.3 is 0 Å². The summed E-state index contributed by atoms with van der Waals surface area (Å²) in [6.45, 7) is 4.96. The molecule has 1 saturated heterocycles. The Kier molecular flexibility index (Phi) is 5.60. The van der Waals surface area contributed by atoms with Crippen molar-refractivity contribution in [2.45, 2.75) is 32.2 Å². The molecule has 0 amide bonds. The molecule has 0 saturated carbocycles. The number of pyridine rings is 1. The van der Waals surface area contributed by atoms with Gasteiger partial charge in [-0.3, -0.25) is 4.98 Å². The molecular formula is C14H21BrN2O. The minimum atomic E-state index is 0.476. The van der Waals surface area contributed by atoms with E-state index in [2.05, 4.69) is 45.3 Å². The highest BCUT2D eigenvalue weighted by molar-refractivity contribution is 9.10. The van der Waals surface area contributed by atoms with Crippen molar-refractivity contribution in [2.24, 2.45) is 5.92 Å². The topological polar surface area (TPSA) is 34.2 Å². The van der Waals surface area contributed by atoms with E-state index < -0.39 is 0 Å². The number of hydrogen-bond acceptors (Lipinski definition) is 3. The van der Waals surface area contributed by atoms with Gasteiger partial charge in [0.15, 0.2) is 0 Å². The molecule has 1 aromatic heterocycles. The van der Waals surface area contributed by atoms with Crippen LogP contribution in [0.1, 0.15) is 25.5 Å². The van der Waals surface area contributed by atoms with Gasteiger partial charge in [0, 0.05) is 35.4 Å². The Morgan fingerprint density at radius 2 is 2.44 bits per heavy atom. The van der Waals surface area contributed by atoms with Crippen molar-refractivity contribution in [1.29, 1.82) is 0 Å². The standard InChI is InChI=1S/C14H21BrN2O/c1-2-16-14(11-4-3-7-18-10-11)8-13-6-5-12(15)9-17-13/h5-6,9,11,14,16H,2-4,7-8,10H2,1H3. The lowest BCUT2D eigenvalue weighted by Gasteiger charge is -2.30. The molecule has 2 unspecified atom stereocenters. The lowest BCUT2D eigenvalue weighted by Crippen LogP contribution is -2.41. The second kappa shape index (κ2) is 7.22. The second-order valence-corrected chi connectivity index (χ2v) is 5.73. The van der Waals surface area contributed by atoms with Gasteiger partial charge in [0.25, 0.3) is 0 Å². The number of aromatic nitrogens is 1. The van der Waals surface area contributed by atoms with Crippen LogP contribution in [0, 0.1) is 5.92 Å². The Balaban J connectivity index is 1.98. The summed E-state index contributed by atoms with van der Waals surface area (Å²) in [5.41, 5.74) is 1.15. The summed E-state index contributed by atoms with van der Waals surface area (Å²) in [5, 5.41) is 3.58. The first-order valence-corrected chi connectivity index (χ1v) is 7.50. The fraction of sp³-hybridized carbons (Fsp3) is 0.643. The van der Waals surface area contributed by atoms with Crippen LogP contribution in [0.15, 0.2) is 22.8 Å². The molecule has 1 N–H and O–H groups in total. The number of nitrogens with zero attached hydrogens (tertiary/aromatic N) is 1. The van der Waals surface area contributed by atoms with Gasteiger partial charge in [-0.1, -0.05) is 6.92 Å². The highest BCUT2D eigenvalue weighted by Gasteiger charge is 2.24. The Labute approximate surface area is 117 Å². The van der Waals surface area contributed by atoms with E-state index in [9.17, 15) is 0 Å². The summed E-state index contributed by atoms with van der Waals surface area (Å²) in [4.78, 5) is 4.47. The molecule has 2 rings (SSSR count). The Bertz CT molecular complexity index is 349. The smallest absolute Gasteiger partial charge is 0.0509 e. The van der Waals surface area contributed by atoms with Crippen LogP contribution >= 0.6 is 15.9 Å². The summed E-state index contributed by atoms with van der Waals surface area (Å²) in [6, 6.07) is 4.63. The first-order valence-electron chi connectivity index (χ1n) is 6.71. The molecule has 1 aromatic rings. The van der Waals surface area contributed by atoms with Gasteiger partial charge in [0.1, 0.15) is 0 Å². The van der Waals surface area contributed by atoms with E-state index in [-0.39, 0.29) is 0 Å². The molecule has 2 heterocycles. The molecule has 1 aliphatic heterocycles. The van der Waals surface area contributed by atoms with Gasteiger partial charge < -0.3 is 10.1 Å². The Morgan fingerprint density at radius 1 is 1.56 bits per heavy atom. The molecule has 1 aliphatic rings. The molecule has 0 bridgehead atoms. The molecule has 0 radical (unpaired) electrons. The fourth-order valence-corrected chi connectivity index (χ4v) is 2.74. The third kappa shape index (κ3) is 4.04. The predicted octanol–water partition coefficient (Wildman–Crippen LogP) is 2.79. The third-order valence-electron chi connectivity index (χ3n) is 3.45. The van der Waals surface area contributed by atoms with Crippen molar-refractivity contribution in [3.8, 4) is 0 Å². The molecule has 0 spiro atoms. The number of ether oxygens (including phenoxy) is 1. The van der Waals surface area contributed by atoms with E-state index in [0.717, 1.165) is 36.3 Å². The van der Waals surface area contributed by atoms with Crippen LogP contribution in [-0.4, -0.2) is 30.8 Å². The van der Waals surface area contributed by atoms with Crippen molar-refractivity contribution in [3.63, 3.8) is 0 Å². The van der Waals surface area contributed by atoms with Gasteiger partial charge in [-0.15, -0.1) is 0 Å². The van der Waals surface area contributed by atoms with Crippen LogP contribution in [-0.2, 0) is 11.2 Å². The van der Waals surface area contributed by atoms with E-state index in [1.54, 1.807) is 0 Å². The molecular weight excluding hydrogens is 292 g/mol. The van der Waals surface area contributed by atoms with Gasteiger partial charge in [-0.25, -0.2) is 0 Å². The molecule has 3 nitrogen and oxygen atoms in total. The number of nitrogens with one attached hydrogen (secondary N) is 1. The van der Waals surface area contributed by atoms with E-state index in [1.165, 1.54) is 12.8 Å². The van der Waals surface area contributed by atoms with Crippen molar-refractivity contribution < 1.29 is 4.74 Å².